The first-order valence-electron chi connectivity index (χ1n) is 4.34. The van der Waals surface area contributed by atoms with E-state index in [-0.39, 0.29) is 0 Å². The second-order valence-electron chi connectivity index (χ2n) is 2.96. The van der Waals surface area contributed by atoms with E-state index in [1.165, 1.54) is 11.1 Å². The topological polar surface area (TPSA) is 29.5 Å². The Morgan fingerprint density at radius 3 is 2.54 bits per heavy atom. The Kier molecular flexibility index (Phi) is 3.86. The fraction of sp³-hybridized carbons (Fsp3) is 0.400. The van der Waals surface area contributed by atoms with Gasteiger partial charge in [0.25, 0.3) is 0 Å². The molecule has 13 heavy (non-hydrogen) atoms. The highest BCUT2D eigenvalue weighted by molar-refractivity contribution is 7.55. The highest BCUT2D eigenvalue weighted by Gasteiger charge is 2.08. The minimum atomic E-state index is -1.40. The average Bonchev–Trinajstić information content (AvgIpc) is 2.10. The van der Waals surface area contributed by atoms with E-state index in [0.29, 0.717) is 6.61 Å². The molecule has 0 saturated heterocycles. The number of rotatable bonds is 3. The third-order valence-electron chi connectivity index (χ3n) is 1.96. The molecule has 0 radical (unpaired) electrons. The lowest BCUT2D eigenvalue weighted by molar-refractivity contribution is 0.337. The van der Waals surface area contributed by atoms with E-state index in [4.69, 9.17) is 4.52 Å². The van der Waals surface area contributed by atoms with Gasteiger partial charge in [-0.25, -0.2) is 0 Å². The quantitative estimate of drug-likeness (QED) is 0.755. The number of hydrogen-bond donors (Lipinski definition) is 1. The molecule has 1 aromatic carbocycles. The SMILES string of the molecule is CCOP(O)c1ccc(C)c(C)c1. The molecule has 0 spiro atoms. The van der Waals surface area contributed by atoms with Crippen molar-refractivity contribution in [2.45, 2.75) is 20.8 Å². The van der Waals surface area contributed by atoms with Gasteiger partial charge < -0.3 is 9.42 Å². The molecule has 0 bridgehead atoms. The molecule has 0 saturated carbocycles. The predicted octanol–water partition coefficient (Wildman–Crippen LogP) is 2.27. The highest BCUT2D eigenvalue weighted by Crippen LogP contribution is 2.30. The van der Waals surface area contributed by atoms with Crippen molar-refractivity contribution < 1.29 is 9.42 Å². The summed E-state index contributed by atoms with van der Waals surface area (Å²) in [5.41, 5.74) is 2.43. The molecule has 1 N–H and O–H groups in total. The molecule has 1 rings (SSSR count). The Bertz CT molecular complexity index is 286. The van der Waals surface area contributed by atoms with Crippen molar-refractivity contribution in [2.75, 3.05) is 6.61 Å². The standard InChI is InChI=1S/C10H15O2P/c1-4-12-13(11)10-6-5-8(2)9(3)7-10/h5-7,11H,4H2,1-3H3. The lowest BCUT2D eigenvalue weighted by Crippen LogP contribution is -2.03. The average molecular weight is 198 g/mol. The summed E-state index contributed by atoms with van der Waals surface area (Å²) < 4.78 is 5.14. The van der Waals surface area contributed by atoms with Crippen LogP contribution < -0.4 is 5.30 Å². The normalized spacial score (nSPS) is 12.9. The van der Waals surface area contributed by atoms with Crippen LogP contribution in [-0.2, 0) is 4.52 Å². The Hall–Kier alpha value is -0.430. The van der Waals surface area contributed by atoms with Crippen molar-refractivity contribution in [3.05, 3.63) is 29.3 Å². The van der Waals surface area contributed by atoms with Gasteiger partial charge in [-0.05, 0) is 44.0 Å². The Labute approximate surface area is 80.5 Å². The second kappa shape index (κ2) is 4.71. The number of benzene rings is 1. The van der Waals surface area contributed by atoms with Crippen molar-refractivity contribution in [3.8, 4) is 0 Å². The molecule has 0 fully saturated rings. The molecule has 2 nitrogen and oxygen atoms in total. The summed E-state index contributed by atoms with van der Waals surface area (Å²) in [6.07, 6.45) is 0. The molecule has 3 heteroatoms. The third-order valence-corrected chi connectivity index (χ3v) is 3.19. The van der Waals surface area contributed by atoms with Gasteiger partial charge in [0.2, 0.25) is 8.38 Å². The second-order valence-corrected chi connectivity index (χ2v) is 4.28. The fourth-order valence-corrected chi connectivity index (χ4v) is 1.94. The predicted molar refractivity (Wildman–Crippen MR) is 56.3 cm³/mol. The van der Waals surface area contributed by atoms with Gasteiger partial charge in [-0.15, -0.1) is 0 Å². The van der Waals surface area contributed by atoms with Crippen molar-refractivity contribution in [3.63, 3.8) is 0 Å². The molecular formula is C10H15O2P. The smallest absolute Gasteiger partial charge is 0.202 e. The first-order chi connectivity index (χ1) is 6.15. The first kappa shape index (κ1) is 10.6. The first-order valence-corrected chi connectivity index (χ1v) is 5.55. The maximum Gasteiger partial charge on any atom is 0.202 e. The molecular weight excluding hydrogens is 183 g/mol. The van der Waals surface area contributed by atoms with Gasteiger partial charge in [0, 0.05) is 5.30 Å². The summed E-state index contributed by atoms with van der Waals surface area (Å²) >= 11 is 0. The van der Waals surface area contributed by atoms with Gasteiger partial charge in [-0.3, -0.25) is 0 Å². The van der Waals surface area contributed by atoms with Crippen LogP contribution in [-0.4, -0.2) is 11.5 Å². The third kappa shape index (κ3) is 2.77. The van der Waals surface area contributed by atoms with E-state index in [9.17, 15) is 4.89 Å². The summed E-state index contributed by atoms with van der Waals surface area (Å²) in [4.78, 5) is 9.58. The van der Waals surface area contributed by atoms with Gasteiger partial charge in [0.1, 0.15) is 0 Å². The summed E-state index contributed by atoms with van der Waals surface area (Å²) in [5.74, 6) is 0. The highest BCUT2D eigenvalue weighted by atomic mass is 31.2. The molecule has 0 amide bonds. The minimum Gasteiger partial charge on any atom is -0.346 e. The molecule has 0 aliphatic rings. The van der Waals surface area contributed by atoms with Crippen LogP contribution >= 0.6 is 8.38 Å². The monoisotopic (exact) mass is 198 g/mol. The molecule has 1 aromatic rings. The van der Waals surface area contributed by atoms with Crippen LogP contribution in [0.2, 0.25) is 0 Å². The zero-order valence-corrected chi connectivity index (χ0v) is 9.14. The summed E-state index contributed by atoms with van der Waals surface area (Å²) in [6.45, 7) is 6.52. The van der Waals surface area contributed by atoms with E-state index in [1.54, 1.807) is 0 Å². The van der Waals surface area contributed by atoms with Crippen LogP contribution in [0.15, 0.2) is 18.2 Å². The van der Waals surface area contributed by atoms with Crippen LogP contribution in [0.4, 0.5) is 0 Å². The van der Waals surface area contributed by atoms with Crippen LogP contribution in [0.5, 0.6) is 0 Å². The van der Waals surface area contributed by atoms with Crippen LogP contribution in [0.25, 0.3) is 0 Å². The van der Waals surface area contributed by atoms with Crippen LogP contribution in [0.3, 0.4) is 0 Å². The molecule has 0 aliphatic heterocycles. The lowest BCUT2D eigenvalue weighted by atomic mass is 10.1. The van der Waals surface area contributed by atoms with Gasteiger partial charge in [-0.1, -0.05) is 6.07 Å². The van der Waals surface area contributed by atoms with E-state index in [1.807, 2.05) is 32.0 Å². The fourth-order valence-electron chi connectivity index (χ4n) is 1.04. The molecule has 0 heterocycles. The van der Waals surface area contributed by atoms with Gasteiger partial charge in [0.05, 0.1) is 6.61 Å². The largest absolute Gasteiger partial charge is 0.346 e. The summed E-state index contributed by atoms with van der Waals surface area (Å²) in [6, 6.07) is 5.91. The number of hydrogen-bond acceptors (Lipinski definition) is 2. The lowest BCUT2D eigenvalue weighted by Gasteiger charge is -2.10. The van der Waals surface area contributed by atoms with Gasteiger partial charge >= 0.3 is 0 Å². The van der Waals surface area contributed by atoms with Gasteiger partial charge in [-0.2, -0.15) is 0 Å². The van der Waals surface area contributed by atoms with E-state index in [0.717, 1.165) is 5.30 Å². The molecule has 0 aliphatic carbocycles. The van der Waals surface area contributed by atoms with E-state index >= 15 is 0 Å². The Morgan fingerprint density at radius 1 is 1.31 bits per heavy atom. The van der Waals surface area contributed by atoms with Crippen LogP contribution in [0, 0.1) is 13.8 Å². The van der Waals surface area contributed by atoms with E-state index < -0.39 is 8.38 Å². The van der Waals surface area contributed by atoms with Crippen molar-refractivity contribution >= 4 is 13.7 Å². The molecule has 0 aromatic heterocycles. The summed E-state index contributed by atoms with van der Waals surface area (Å²) in [7, 11) is -1.40. The van der Waals surface area contributed by atoms with Crippen molar-refractivity contribution in [1.29, 1.82) is 0 Å². The zero-order valence-electron chi connectivity index (χ0n) is 8.24. The number of aryl methyl sites for hydroxylation is 2. The zero-order chi connectivity index (χ0) is 9.84. The van der Waals surface area contributed by atoms with E-state index in [2.05, 4.69) is 6.92 Å². The maximum atomic E-state index is 9.58. The van der Waals surface area contributed by atoms with Crippen LogP contribution in [0.1, 0.15) is 18.1 Å². The molecule has 72 valence electrons. The minimum absolute atomic E-state index is 0.551. The molecule has 1 atom stereocenters. The Balaban J connectivity index is 2.84. The van der Waals surface area contributed by atoms with Crippen molar-refractivity contribution in [2.24, 2.45) is 0 Å². The molecule has 1 unspecified atom stereocenters. The van der Waals surface area contributed by atoms with Gasteiger partial charge in [0.15, 0.2) is 0 Å². The van der Waals surface area contributed by atoms with Crippen molar-refractivity contribution in [1.82, 2.24) is 0 Å². The Morgan fingerprint density at radius 2 is 2.00 bits per heavy atom. The summed E-state index contributed by atoms with van der Waals surface area (Å²) in [5, 5.41) is 0.889. The maximum absolute atomic E-state index is 9.58.